The van der Waals surface area contributed by atoms with Crippen LogP contribution in [0.15, 0.2) is 22.7 Å². The van der Waals surface area contributed by atoms with Crippen LogP contribution in [0.2, 0.25) is 0 Å². The molecule has 0 saturated carbocycles. The van der Waals surface area contributed by atoms with E-state index in [0.717, 1.165) is 35.3 Å². The molecule has 1 saturated heterocycles. The number of Topliss-reactive ketones (excluding diaryl/α,β-unsaturated/α-hetero) is 1. The lowest BCUT2D eigenvalue weighted by atomic mass is 10.0. The normalized spacial score (nSPS) is 19.8. The zero-order chi connectivity index (χ0) is 15.4. The third-order valence-electron chi connectivity index (χ3n) is 4.05. The van der Waals surface area contributed by atoms with Crippen molar-refractivity contribution in [2.75, 3.05) is 40.8 Å². The fourth-order valence-electron chi connectivity index (χ4n) is 2.73. The van der Waals surface area contributed by atoms with Crippen LogP contribution in [0.3, 0.4) is 0 Å². The fourth-order valence-corrected chi connectivity index (χ4v) is 3.27. The largest absolute Gasteiger partial charge is 0.496 e. The first-order valence-electron chi connectivity index (χ1n) is 7.26. The molecule has 5 heteroatoms. The summed E-state index contributed by atoms with van der Waals surface area (Å²) in [4.78, 5) is 16.9. The van der Waals surface area contributed by atoms with Gasteiger partial charge in [-0.1, -0.05) is 0 Å². The molecule has 4 nitrogen and oxygen atoms in total. The maximum absolute atomic E-state index is 12.4. The van der Waals surface area contributed by atoms with Gasteiger partial charge in [-0.05, 0) is 67.6 Å². The van der Waals surface area contributed by atoms with Gasteiger partial charge in [0.15, 0.2) is 5.78 Å². The monoisotopic (exact) mass is 354 g/mol. The number of hydrogen-bond donors (Lipinski definition) is 0. The van der Waals surface area contributed by atoms with E-state index in [1.54, 1.807) is 7.11 Å². The van der Waals surface area contributed by atoms with Gasteiger partial charge in [-0.15, -0.1) is 0 Å². The second-order valence-electron chi connectivity index (χ2n) is 5.77. The van der Waals surface area contributed by atoms with Crippen LogP contribution in [0.1, 0.15) is 23.2 Å². The SMILES string of the molecule is COc1ccc(C(=O)CN2CCCC(N(C)C)C2)cc1Br. The van der Waals surface area contributed by atoms with Crippen LogP contribution >= 0.6 is 15.9 Å². The average molecular weight is 355 g/mol. The second-order valence-corrected chi connectivity index (χ2v) is 6.62. The van der Waals surface area contributed by atoms with Crippen molar-refractivity contribution in [1.82, 2.24) is 9.80 Å². The number of methoxy groups -OCH3 is 1. The van der Waals surface area contributed by atoms with E-state index in [0.29, 0.717) is 12.6 Å². The third-order valence-corrected chi connectivity index (χ3v) is 4.67. The van der Waals surface area contributed by atoms with E-state index in [2.05, 4.69) is 39.8 Å². The lowest BCUT2D eigenvalue weighted by Crippen LogP contribution is -2.46. The van der Waals surface area contributed by atoms with Crippen LogP contribution in [0.4, 0.5) is 0 Å². The van der Waals surface area contributed by atoms with Crippen molar-refractivity contribution in [3.8, 4) is 5.75 Å². The quantitative estimate of drug-likeness (QED) is 0.761. The van der Waals surface area contributed by atoms with Crippen LogP contribution in [0, 0.1) is 0 Å². The molecule has 1 aliphatic heterocycles. The summed E-state index contributed by atoms with van der Waals surface area (Å²) in [6.45, 7) is 2.46. The third kappa shape index (κ3) is 4.28. The summed E-state index contributed by atoms with van der Waals surface area (Å²) in [7, 11) is 5.84. The van der Waals surface area contributed by atoms with Gasteiger partial charge < -0.3 is 9.64 Å². The summed E-state index contributed by atoms with van der Waals surface area (Å²) in [5, 5.41) is 0. The number of likely N-dealkylation sites (tertiary alicyclic amines) is 1. The van der Waals surface area contributed by atoms with Gasteiger partial charge in [0, 0.05) is 18.2 Å². The molecule has 1 fully saturated rings. The molecule has 21 heavy (non-hydrogen) atoms. The molecule has 0 aromatic heterocycles. The van der Waals surface area contributed by atoms with Crippen molar-refractivity contribution in [3.05, 3.63) is 28.2 Å². The molecule has 2 rings (SSSR count). The Morgan fingerprint density at radius 3 is 2.86 bits per heavy atom. The lowest BCUT2D eigenvalue weighted by Gasteiger charge is -2.35. The highest BCUT2D eigenvalue weighted by atomic mass is 79.9. The Morgan fingerprint density at radius 1 is 1.48 bits per heavy atom. The highest BCUT2D eigenvalue weighted by molar-refractivity contribution is 9.10. The van der Waals surface area contributed by atoms with E-state index >= 15 is 0 Å². The number of hydrogen-bond acceptors (Lipinski definition) is 4. The van der Waals surface area contributed by atoms with Crippen LogP contribution in [-0.2, 0) is 0 Å². The fraction of sp³-hybridized carbons (Fsp3) is 0.562. The molecule has 0 aliphatic carbocycles. The summed E-state index contributed by atoms with van der Waals surface area (Å²) in [6.07, 6.45) is 2.37. The van der Waals surface area contributed by atoms with Crippen molar-refractivity contribution in [2.24, 2.45) is 0 Å². The first-order valence-corrected chi connectivity index (χ1v) is 8.06. The van der Waals surface area contributed by atoms with Crippen LogP contribution in [0.25, 0.3) is 0 Å². The molecular weight excluding hydrogens is 332 g/mol. The first kappa shape index (κ1) is 16.5. The highest BCUT2D eigenvalue weighted by Gasteiger charge is 2.23. The first-order chi connectivity index (χ1) is 10.0. The van der Waals surface area contributed by atoms with Crippen LogP contribution in [0.5, 0.6) is 5.75 Å². The van der Waals surface area contributed by atoms with Gasteiger partial charge in [0.1, 0.15) is 5.75 Å². The molecule has 116 valence electrons. The molecule has 0 spiro atoms. The molecule has 0 amide bonds. The topological polar surface area (TPSA) is 32.8 Å². The van der Waals surface area contributed by atoms with Crippen molar-refractivity contribution >= 4 is 21.7 Å². The molecule has 1 unspecified atom stereocenters. The number of ether oxygens (including phenoxy) is 1. The molecule has 0 radical (unpaired) electrons. The highest BCUT2D eigenvalue weighted by Crippen LogP contribution is 2.26. The number of rotatable bonds is 5. The molecule has 0 N–H and O–H groups in total. The summed E-state index contributed by atoms with van der Waals surface area (Å²) in [5.41, 5.74) is 0.731. The predicted octanol–water partition coefficient (Wildman–Crippen LogP) is 2.67. The van der Waals surface area contributed by atoms with Crippen LogP contribution < -0.4 is 4.74 Å². The minimum Gasteiger partial charge on any atom is -0.496 e. The predicted molar refractivity (Wildman–Crippen MR) is 88.2 cm³/mol. The minimum absolute atomic E-state index is 0.165. The summed E-state index contributed by atoms with van der Waals surface area (Å²) in [6, 6.07) is 6.05. The van der Waals surface area contributed by atoms with E-state index in [4.69, 9.17) is 4.74 Å². The number of halogens is 1. The number of piperidine rings is 1. The lowest BCUT2D eigenvalue weighted by molar-refractivity contribution is 0.0852. The Balaban J connectivity index is 1.99. The number of benzene rings is 1. The number of carbonyl (C=O) groups excluding carboxylic acids is 1. The molecular formula is C16H23BrN2O2. The zero-order valence-electron chi connectivity index (χ0n) is 12.9. The minimum atomic E-state index is 0.165. The molecule has 1 aliphatic rings. The van der Waals surface area contributed by atoms with Gasteiger partial charge in [-0.3, -0.25) is 9.69 Å². The van der Waals surface area contributed by atoms with Gasteiger partial charge in [0.25, 0.3) is 0 Å². The maximum Gasteiger partial charge on any atom is 0.176 e. The van der Waals surface area contributed by atoms with Crippen molar-refractivity contribution in [3.63, 3.8) is 0 Å². The summed E-state index contributed by atoms with van der Waals surface area (Å²) < 4.78 is 6.02. The number of carbonyl (C=O) groups is 1. The molecule has 1 aromatic rings. The van der Waals surface area contributed by atoms with E-state index in [-0.39, 0.29) is 5.78 Å². The number of nitrogens with zero attached hydrogens (tertiary/aromatic N) is 2. The molecule has 1 atom stereocenters. The smallest absolute Gasteiger partial charge is 0.176 e. The average Bonchev–Trinajstić information content (AvgIpc) is 2.47. The van der Waals surface area contributed by atoms with E-state index in [1.807, 2.05) is 18.2 Å². The van der Waals surface area contributed by atoms with Gasteiger partial charge in [0.05, 0.1) is 18.1 Å². The number of ketones is 1. The zero-order valence-corrected chi connectivity index (χ0v) is 14.5. The maximum atomic E-state index is 12.4. The summed E-state index contributed by atoms with van der Waals surface area (Å²) >= 11 is 3.43. The van der Waals surface area contributed by atoms with E-state index in [9.17, 15) is 4.79 Å². The standard InChI is InChI=1S/C16H23BrN2O2/c1-18(2)13-5-4-8-19(10-13)11-15(20)12-6-7-16(21-3)14(17)9-12/h6-7,9,13H,4-5,8,10-11H2,1-3H3. The van der Waals surface area contributed by atoms with Gasteiger partial charge in [-0.2, -0.15) is 0 Å². The van der Waals surface area contributed by atoms with E-state index < -0.39 is 0 Å². The van der Waals surface area contributed by atoms with E-state index in [1.165, 1.54) is 6.42 Å². The van der Waals surface area contributed by atoms with Gasteiger partial charge in [-0.25, -0.2) is 0 Å². The Morgan fingerprint density at radius 2 is 2.24 bits per heavy atom. The van der Waals surface area contributed by atoms with Crippen molar-refractivity contribution in [1.29, 1.82) is 0 Å². The molecule has 0 bridgehead atoms. The Hall–Kier alpha value is -0.910. The summed E-state index contributed by atoms with van der Waals surface area (Å²) in [5.74, 6) is 0.912. The Bertz CT molecular complexity index is 505. The van der Waals surface area contributed by atoms with Crippen molar-refractivity contribution < 1.29 is 9.53 Å². The van der Waals surface area contributed by atoms with Gasteiger partial charge >= 0.3 is 0 Å². The Labute approximate surface area is 135 Å². The van der Waals surface area contributed by atoms with Gasteiger partial charge in [0.2, 0.25) is 0 Å². The molecule has 1 heterocycles. The molecule has 1 aromatic carbocycles. The van der Waals surface area contributed by atoms with Crippen molar-refractivity contribution in [2.45, 2.75) is 18.9 Å². The second kappa shape index (κ2) is 7.38. The Kier molecular flexibility index (Phi) is 5.79. The number of likely N-dealkylation sites (N-methyl/N-ethyl adjacent to an activating group) is 1. The van der Waals surface area contributed by atoms with Crippen LogP contribution in [-0.4, -0.2) is 62.5 Å².